The molecule has 14 heteroatoms. The van der Waals surface area contributed by atoms with Gasteiger partial charge in [0.25, 0.3) is 5.91 Å². The number of carbonyl (C=O) groups is 5. The van der Waals surface area contributed by atoms with Crippen molar-refractivity contribution in [2.24, 2.45) is 5.92 Å². The second-order valence-electron chi connectivity index (χ2n) is 17.7. The lowest BCUT2D eigenvalue weighted by molar-refractivity contribution is -0.134. The summed E-state index contributed by atoms with van der Waals surface area (Å²) in [5.41, 5.74) is 5.02. The van der Waals surface area contributed by atoms with Crippen LogP contribution in [0.25, 0.3) is 11.0 Å². The van der Waals surface area contributed by atoms with E-state index < -0.39 is 6.04 Å². The van der Waals surface area contributed by atoms with E-state index in [1.807, 2.05) is 47.4 Å². The predicted octanol–water partition coefficient (Wildman–Crippen LogP) is 7.83. The molecule has 5 heterocycles. The molecule has 3 aliphatic heterocycles. The highest BCUT2D eigenvalue weighted by molar-refractivity contribution is 6.35. The summed E-state index contributed by atoms with van der Waals surface area (Å²) in [7, 11) is 0. The summed E-state index contributed by atoms with van der Waals surface area (Å²) in [5, 5.41) is 1.02. The van der Waals surface area contributed by atoms with Crippen molar-refractivity contribution in [3.05, 3.63) is 112 Å². The van der Waals surface area contributed by atoms with Gasteiger partial charge in [0.1, 0.15) is 29.3 Å². The molecule has 5 aromatic rings. The number of ketones is 3. The second-order valence-corrected chi connectivity index (χ2v) is 18.1. The molecular weight excluding hydrogens is 830 g/mol. The van der Waals surface area contributed by atoms with E-state index in [9.17, 15) is 24.0 Å². The van der Waals surface area contributed by atoms with Crippen molar-refractivity contribution in [3.8, 4) is 11.5 Å². The average Bonchev–Trinajstić information content (AvgIpc) is 3.89. The molecule has 3 fully saturated rings. The van der Waals surface area contributed by atoms with E-state index in [4.69, 9.17) is 16.3 Å². The third-order valence-electron chi connectivity index (χ3n) is 13.5. The number of hydrogen-bond acceptors (Lipinski definition) is 10. The number of para-hydroxylation sites is 1. The molecule has 2 saturated heterocycles. The molecule has 9 rings (SSSR count). The first-order chi connectivity index (χ1) is 31.2. The fourth-order valence-corrected chi connectivity index (χ4v) is 10.1. The number of piperidine rings is 1. The minimum Gasteiger partial charge on any atom is -0.457 e. The number of rotatable bonds is 15. The standard InChI is InChI=1S/C50H54ClN7O6/c51-42-29-38(64-37-8-4-3-5-9-37)13-15-40(42)48(62)41-30-52-49-47(41)43(53-32-54-49)26-33-17-20-57(21-18-33)46(61)10-6-1-2-7-19-55-22-24-56(25-23-55)35-11-14-39-34(27-35)31-58(50(39)63)44-16-12-36(59)28-45(44)60/h3-5,8-9,11,13-15,27,29-30,32-33,44H,1-2,6-7,10,12,16-26,28,31H2,(H,52,53,54)/t44-/m0/s1. The van der Waals surface area contributed by atoms with Crippen LogP contribution in [0.3, 0.4) is 0 Å². The summed E-state index contributed by atoms with van der Waals surface area (Å²) in [6.45, 7) is 6.70. The normalized spacial score (nSPS) is 18.5. The molecule has 2 amide bonds. The molecule has 0 unspecified atom stereocenters. The van der Waals surface area contributed by atoms with Gasteiger partial charge in [-0.1, -0.05) is 42.6 Å². The maximum atomic E-state index is 13.9. The number of anilines is 1. The molecule has 0 radical (unpaired) electrons. The number of aromatic amines is 1. The molecule has 3 aromatic carbocycles. The molecule has 0 spiro atoms. The Balaban J connectivity index is 0.676. The van der Waals surface area contributed by atoms with E-state index in [1.54, 1.807) is 29.3 Å². The van der Waals surface area contributed by atoms with Crippen molar-refractivity contribution in [2.45, 2.75) is 83.2 Å². The molecular formula is C50H54ClN7O6. The summed E-state index contributed by atoms with van der Waals surface area (Å²) in [5.74, 6) is 1.29. The Bertz CT molecular complexity index is 2550. The Morgan fingerprint density at radius 1 is 0.812 bits per heavy atom. The van der Waals surface area contributed by atoms with Gasteiger partial charge in [0.2, 0.25) is 5.91 Å². The molecule has 1 N–H and O–H groups in total. The van der Waals surface area contributed by atoms with Crippen LogP contribution >= 0.6 is 11.6 Å². The first-order valence-electron chi connectivity index (χ1n) is 22.8. The van der Waals surface area contributed by atoms with E-state index in [2.05, 4.69) is 30.8 Å². The zero-order valence-electron chi connectivity index (χ0n) is 36.1. The minimum atomic E-state index is -0.495. The van der Waals surface area contributed by atoms with Gasteiger partial charge in [0.05, 0.1) is 34.1 Å². The van der Waals surface area contributed by atoms with Crippen LogP contribution in [0.4, 0.5) is 5.69 Å². The highest BCUT2D eigenvalue weighted by Gasteiger charge is 2.39. The SMILES string of the molecule is O=C1CC[C@H](N2Cc3cc(N4CCN(CCCCCCC(=O)N5CCC(Cc6ncnc7[nH]cc(C(=O)c8ccc(Oc9ccccc9)cc8Cl)c67)CC5)CC4)ccc3C2=O)C(=O)C1. The summed E-state index contributed by atoms with van der Waals surface area (Å²) in [6.07, 6.45) is 11.1. The molecule has 1 aliphatic carbocycles. The van der Waals surface area contributed by atoms with Crippen molar-refractivity contribution in [1.82, 2.24) is 29.7 Å². The third kappa shape index (κ3) is 9.61. The maximum absolute atomic E-state index is 13.9. The Morgan fingerprint density at radius 3 is 2.39 bits per heavy atom. The number of hydrogen-bond donors (Lipinski definition) is 1. The number of carbonyl (C=O) groups excluding carboxylic acids is 5. The van der Waals surface area contributed by atoms with E-state index >= 15 is 0 Å². The number of benzene rings is 3. The number of ether oxygens (including phenoxy) is 1. The molecule has 0 bridgehead atoms. The molecule has 64 heavy (non-hydrogen) atoms. The lowest BCUT2D eigenvalue weighted by Crippen LogP contribution is -2.46. The Kier molecular flexibility index (Phi) is 13.2. The lowest BCUT2D eigenvalue weighted by atomic mass is 9.90. The van der Waals surface area contributed by atoms with E-state index in [1.165, 1.54) is 6.33 Å². The summed E-state index contributed by atoms with van der Waals surface area (Å²) in [6, 6.07) is 20.0. The fourth-order valence-electron chi connectivity index (χ4n) is 9.85. The van der Waals surface area contributed by atoms with Gasteiger partial charge >= 0.3 is 0 Å². The smallest absolute Gasteiger partial charge is 0.255 e. The highest BCUT2D eigenvalue weighted by atomic mass is 35.5. The number of fused-ring (bicyclic) bond motifs is 2. The Morgan fingerprint density at radius 2 is 1.61 bits per heavy atom. The molecule has 332 valence electrons. The van der Waals surface area contributed by atoms with Crippen LogP contribution in [0.5, 0.6) is 11.5 Å². The number of piperazine rings is 1. The first-order valence-corrected chi connectivity index (χ1v) is 23.2. The van der Waals surface area contributed by atoms with Gasteiger partial charge in [0.15, 0.2) is 11.6 Å². The summed E-state index contributed by atoms with van der Waals surface area (Å²) < 4.78 is 5.91. The lowest BCUT2D eigenvalue weighted by Gasteiger charge is -2.36. The maximum Gasteiger partial charge on any atom is 0.255 e. The van der Waals surface area contributed by atoms with Crippen LogP contribution in [0, 0.1) is 5.92 Å². The zero-order valence-corrected chi connectivity index (χ0v) is 36.9. The van der Waals surface area contributed by atoms with E-state index in [0.29, 0.717) is 82.4 Å². The highest BCUT2D eigenvalue weighted by Crippen LogP contribution is 2.34. The van der Waals surface area contributed by atoms with Crippen LogP contribution in [0.1, 0.15) is 102 Å². The van der Waals surface area contributed by atoms with Gasteiger partial charge < -0.3 is 24.4 Å². The molecule has 4 aliphatic rings. The first kappa shape index (κ1) is 43.3. The number of halogens is 1. The topological polar surface area (TPSA) is 149 Å². The second kappa shape index (κ2) is 19.4. The van der Waals surface area contributed by atoms with Crippen LogP contribution in [0.2, 0.25) is 5.02 Å². The number of likely N-dealkylation sites (tertiary alicyclic amines) is 1. The van der Waals surface area contributed by atoms with Crippen molar-refractivity contribution in [1.29, 1.82) is 0 Å². The monoisotopic (exact) mass is 883 g/mol. The van der Waals surface area contributed by atoms with Crippen LogP contribution in [-0.4, -0.2) is 111 Å². The largest absolute Gasteiger partial charge is 0.457 e. The van der Waals surface area contributed by atoms with Crippen LogP contribution in [-0.2, 0) is 27.3 Å². The van der Waals surface area contributed by atoms with Gasteiger partial charge in [-0.2, -0.15) is 0 Å². The van der Waals surface area contributed by atoms with Crippen molar-refractivity contribution < 1.29 is 28.7 Å². The molecule has 1 saturated carbocycles. The van der Waals surface area contributed by atoms with Gasteiger partial charge in [0, 0.05) is 87.7 Å². The minimum absolute atomic E-state index is 0.0339. The van der Waals surface area contributed by atoms with Crippen molar-refractivity contribution >= 4 is 57.5 Å². The summed E-state index contributed by atoms with van der Waals surface area (Å²) >= 11 is 6.64. The van der Waals surface area contributed by atoms with Crippen LogP contribution < -0.4 is 9.64 Å². The number of H-pyrrole nitrogens is 1. The van der Waals surface area contributed by atoms with Gasteiger partial charge in [-0.25, -0.2) is 9.97 Å². The Labute approximate surface area is 378 Å². The van der Waals surface area contributed by atoms with Crippen molar-refractivity contribution in [3.63, 3.8) is 0 Å². The number of nitrogens with zero attached hydrogens (tertiary/aromatic N) is 6. The van der Waals surface area contributed by atoms with Crippen LogP contribution in [0.15, 0.2) is 79.3 Å². The molecule has 13 nitrogen and oxygen atoms in total. The number of nitrogens with one attached hydrogen (secondary N) is 1. The Hall–Kier alpha value is -5.92. The fraction of sp³-hybridized carbons (Fsp3) is 0.420. The average molecular weight is 884 g/mol. The number of Topliss-reactive ketones (excluding diaryl/α,β-unsaturated/α-hetero) is 2. The predicted molar refractivity (Wildman–Crippen MR) is 244 cm³/mol. The summed E-state index contributed by atoms with van der Waals surface area (Å²) in [4.78, 5) is 85.2. The van der Waals surface area contributed by atoms with Gasteiger partial charge in [-0.15, -0.1) is 0 Å². The van der Waals surface area contributed by atoms with Crippen molar-refractivity contribution in [2.75, 3.05) is 50.7 Å². The van der Waals surface area contributed by atoms with Gasteiger partial charge in [-0.3, -0.25) is 28.9 Å². The number of amides is 2. The number of unbranched alkanes of at least 4 members (excludes halogenated alkanes) is 3. The quantitative estimate of drug-likeness (QED) is 0.0627. The van der Waals surface area contributed by atoms with E-state index in [-0.39, 0.29) is 35.6 Å². The zero-order chi connectivity index (χ0) is 44.2. The number of aromatic nitrogens is 3. The third-order valence-corrected chi connectivity index (χ3v) is 13.8. The molecule has 1 atom stereocenters. The van der Waals surface area contributed by atoms with E-state index in [0.717, 1.165) is 101 Å². The van der Waals surface area contributed by atoms with Gasteiger partial charge in [-0.05, 0) is 99.0 Å². The molecule has 2 aromatic heterocycles.